The smallest absolute Gasteiger partial charge is 0.248 e. The van der Waals surface area contributed by atoms with Gasteiger partial charge in [-0.3, -0.25) is 4.79 Å². The van der Waals surface area contributed by atoms with E-state index in [9.17, 15) is 18.7 Å². The molecule has 0 aromatic rings. The molecule has 1 N–H and O–H groups in total. The normalized spacial score (nSPS) is 23.7. The lowest BCUT2D eigenvalue weighted by molar-refractivity contribution is -0.131. The van der Waals surface area contributed by atoms with E-state index in [0.717, 1.165) is 11.8 Å². The lowest BCUT2D eigenvalue weighted by Gasteiger charge is -2.36. The first-order valence-corrected chi connectivity index (χ1v) is 6.10. The van der Waals surface area contributed by atoms with Gasteiger partial charge in [0.25, 0.3) is 0 Å². The Morgan fingerprint density at radius 2 is 1.87 bits per heavy atom. The van der Waals surface area contributed by atoms with Gasteiger partial charge < -0.3 is 5.11 Å². The summed E-state index contributed by atoms with van der Waals surface area (Å²) in [7, 11) is 0. The van der Waals surface area contributed by atoms with Crippen LogP contribution in [0.25, 0.3) is 0 Å². The maximum absolute atomic E-state index is 12.9. The van der Waals surface area contributed by atoms with Crippen molar-refractivity contribution in [3.63, 3.8) is 0 Å². The van der Waals surface area contributed by atoms with Crippen LogP contribution in [-0.2, 0) is 4.79 Å². The standard InChI is InChI=1S/C10H16F2O2S/c1-2-15-8(14)9(7-13)3-5-10(11,12)6-4-9/h13H,2-7H2,1H3. The summed E-state index contributed by atoms with van der Waals surface area (Å²) >= 11 is 1.12. The molecule has 0 aromatic heterocycles. The molecule has 0 spiro atoms. The highest BCUT2D eigenvalue weighted by molar-refractivity contribution is 8.13. The van der Waals surface area contributed by atoms with Gasteiger partial charge in [0.2, 0.25) is 5.92 Å². The van der Waals surface area contributed by atoms with Crippen molar-refractivity contribution in [2.45, 2.75) is 38.5 Å². The van der Waals surface area contributed by atoms with Gasteiger partial charge in [-0.25, -0.2) is 8.78 Å². The number of carbonyl (C=O) groups excluding carboxylic acids is 1. The summed E-state index contributed by atoms with van der Waals surface area (Å²) < 4.78 is 25.9. The van der Waals surface area contributed by atoms with Crippen LogP contribution in [-0.4, -0.2) is 28.5 Å². The van der Waals surface area contributed by atoms with Gasteiger partial charge >= 0.3 is 0 Å². The summed E-state index contributed by atoms with van der Waals surface area (Å²) in [5.74, 6) is -2.03. The van der Waals surface area contributed by atoms with Crippen molar-refractivity contribution >= 4 is 16.9 Å². The first-order chi connectivity index (χ1) is 6.96. The van der Waals surface area contributed by atoms with Crippen LogP contribution in [0.1, 0.15) is 32.6 Å². The summed E-state index contributed by atoms with van der Waals surface area (Å²) in [5.41, 5.74) is -0.914. The van der Waals surface area contributed by atoms with E-state index >= 15 is 0 Å². The first kappa shape index (κ1) is 12.9. The Morgan fingerprint density at radius 1 is 1.33 bits per heavy atom. The molecule has 0 unspecified atom stereocenters. The number of thioether (sulfide) groups is 1. The van der Waals surface area contributed by atoms with E-state index in [1.54, 1.807) is 0 Å². The monoisotopic (exact) mass is 238 g/mol. The van der Waals surface area contributed by atoms with Gasteiger partial charge in [-0.05, 0) is 18.6 Å². The number of hydrogen-bond donors (Lipinski definition) is 1. The molecule has 1 aliphatic carbocycles. The third kappa shape index (κ3) is 2.91. The van der Waals surface area contributed by atoms with Crippen LogP contribution in [0.15, 0.2) is 0 Å². The second kappa shape index (κ2) is 4.78. The van der Waals surface area contributed by atoms with Crippen LogP contribution in [0.4, 0.5) is 8.78 Å². The summed E-state index contributed by atoms with van der Waals surface area (Å²) in [6.07, 6.45) is -0.377. The van der Waals surface area contributed by atoms with E-state index in [1.807, 2.05) is 6.92 Å². The van der Waals surface area contributed by atoms with Gasteiger partial charge in [0.05, 0.1) is 12.0 Å². The van der Waals surface area contributed by atoms with Gasteiger partial charge in [-0.1, -0.05) is 18.7 Å². The third-order valence-electron chi connectivity index (χ3n) is 2.95. The number of aliphatic hydroxyl groups excluding tert-OH is 1. The second-order valence-corrected chi connectivity index (χ2v) is 5.25. The van der Waals surface area contributed by atoms with E-state index in [1.165, 1.54) is 0 Å². The molecule has 2 nitrogen and oxygen atoms in total. The minimum atomic E-state index is -2.66. The summed E-state index contributed by atoms with van der Waals surface area (Å²) in [4.78, 5) is 11.7. The Labute approximate surface area is 92.4 Å². The fourth-order valence-corrected chi connectivity index (χ4v) is 2.64. The molecule has 0 aliphatic heterocycles. The number of carbonyl (C=O) groups is 1. The Balaban J connectivity index is 2.68. The predicted molar refractivity (Wildman–Crippen MR) is 56.1 cm³/mol. The van der Waals surface area contributed by atoms with Crippen LogP contribution in [0.3, 0.4) is 0 Å². The first-order valence-electron chi connectivity index (χ1n) is 5.12. The molecule has 88 valence electrons. The Hall–Kier alpha value is -0.160. The molecule has 0 heterocycles. The topological polar surface area (TPSA) is 37.3 Å². The molecule has 0 saturated heterocycles. The summed E-state index contributed by atoms with van der Waals surface area (Å²) in [5, 5.41) is 9.09. The molecule has 1 fully saturated rings. The SMILES string of the molecule is CCSC(=O)C1(CO)CCC(F)(F)CC1. The molecular weight excluding hydrogens is 222 g/mol. The maximum atomic E-state index is 12.9. The largest absolute Gasteiger partial charge is 0.395 e. The molecule has 0 radical (unpaired) electrons. The molecule has 0 amide bonds. The minimum absolute atomic E-state index is 0.0995. The second-order valence-electron chi connectivity index (χ2n) is 4.01. The zero-order valence-corrected chi connectivity index (χ0v) is 9.58. The maximum Gasteiger partial charge on any atom is 0.248 e. The van der Waals surface area contributed by atoms with Crippen molar-refractivity contribution in [1.29, 1.82) is 0 Å². The fourth-order valence-electron chi connectivity index (χ4n) is 1.81. The van der Waals surface area contributed by atoms with Crippen molar-refractivity contribution in [3.05, 3.63) is 0 Å². The van der Waals surface area contributed by atoms with Gasteiger partial charge in [-0.2, -0.15) is 0 Å². The van der Waals surface area contributed by atoms with Crippen LogP contribution in [0.5, 0.6) is 0 Å². The highest BCUT2D eigenvalue weighted by Crippen LogP contribution is 2.45. The van der Waals surface area contributed by atoms with Crippen molar-refractivity contribution in [2.24, 2.45) is 5.41 Å². The minimum Gasteiger partial charge on any atom is -0.395 e. The van der Waals surface area contributed by atoms with E-state index < -0.39 is 11.3 Å². The average Bonchev–Trinajstić information content (AvgIpc) is 2.19. The Kier molecular flexibility index (Phi) is 4.12. The number of rotatable bonds is 3. The third-order valence-corrected chi connectivity index (χ3v) is 3.93. The van der Waals surface area contributed by atoms with Crippen LogP contribution in [0.2, 0.25) is 0 Å². The van der Waals surface area contributed by atoms with E-state index in [4.69, 9.17) is 0 Å². The molecule has 0 atom stereocenters. The van der Waals surface area contributed by atoms with Crippen LogP contribution in [0, 0.1) is 5.41 Å². The predicted octanol–water partition coefficient (Wildman–Crippen LogP) is 2.45. The van der Waals surface area contributed by atoms with E-state index in [0.29, 0.717) is 5.75 Å². The van der Waals surface area contributed by atoms with Crippen LogP contribution >= 0.6 is 11.8 Å². The summed E-state index contributed by atoms with van der Waals surface area (Å²) in [6.45, 7) is 1.53. The average molecular weight is 238 g/mol. The lowest BCUT2D eigenvalue weighted by atomic mass is 9.74. The van der Waals surface area contributed by atoms with Crippen LogP contribution < -0.4 is 0 Å². The molecule has 0 aromatic carbocycles. The molecule has 1 aliphatic rings. The zero-order valence-electron chi connectivity index (χ0n) is 8.76. The van der Waals surface area contributed by atoms with Gasteiger partial charge in [0, 0.05) is 12.8 Å². The molecular formula is C10H16F2O2S. The Morgan fingerprint density at radius 3 is 2.27 bits per heavy atom. The number of hydrogen-bond acceptors (Lipinski definition) is 3. The quantitative estimate of drug-likeness (QED) is 0.820. The summed E-state index contributed by atoms with van der Waals surface area (Å²) in [6, 6.07) is 0. The molecule has 5 heteroatoms. The zero-order chi connectivity index (χ0) is 11.5. The van der Waals surface area contributed by atoms with Crippen molar-refractivity contribution < 1.29 is 18.7 Å². The van der Waals surface area contributed by atoms with Crippen molar-refractivity contribution in [1.82, 2.24) is 0 Å². The van der Waals surface area contributed by atoms with E-state index in [-0.39, 0.29) is 37.4 Å². The highest BCUT2D eigenvalue weighted by atomic mass is 32.2. The molecule has 15 heavy (non-hydrogen) atoms. The number of aliphatic hydroxyl groups is 1. The number of halogens is 2. The number of alkyl halides is 2. The highest BCUT2D eigenvalue weighted by Gasteiger charge is 2.47. The van der Waals surface area contributed by atoms with Crippen molar-refractivity contribution in [2.75, 3.05) is 12.4 Å². The lowest BCUT2D eigenvalue weighted by Crippen LogP contribution is -2.40. The molecule has 1 saturated carbocycles. The van der Waals surface area contributed by atoms with Gasteiger partial charge in [-0.15, -0.1) is 0 Å². The van der Waals surface area contributed by atoms with Crippen molar-refractivity contribution in [3.8, 4) is 0 Å². The fraction of sp³-hybridized carbons (Fsp3) is 0.900. The van der Waals surface area contributed by atoms with Gasteiger partial charge in [0.1, 0.15) is 0 Å². The molecule has 0 bridgehead atoms. The van der Waals surface area contributed by atoms with E-state index in [2.05, 4.69) is 0 Å². The Bertz CT molecular complexity index is 234. The molecule has 1 rings (SSSR count). The van der Waals surface area contributed by atoms with Gasteiger partial charge in [0.15, 0.2) is 5.12 Å².